The van der Waals surface area contributed by atoms with Crippen LogP contribution in [0.5, 0.6) is 5.75 Å². The van der Waals surface area contributed by atoms with E-state index in [2.05, 4.69) is 21.2 Å². The van der Waals surface area contributed by atoms with Gasteiger partial charge in [0, 0.05) is 17.0 Å². The van der Waals surface area contributed by atoms with Crippen molar-refractivity contribution in [1.82, 2.24) is 5.32 Å². The molecule has 0 saturated carbocycles. The average Bonchev–Trinajstić information content (AvgIpc) is 2.25. The average molecular weight is 302 g/mol. The number of benzene rings is 1. The fraction of sp³-hybridized carbons (Fsp3) is 0.273. The van der Waals surface area contributed by atoms with Crippen LogP contribution < -0.4 is 10.1 Å². The highest BCUT2D eigenvalue weighted by molar-refractivity contribution is 9.10. The van der Waals surface area contributed by atoms with Gasteiger partial charge in [-0.05, 0) is 18.2 Å². The molecular weight excluding hydrogens is 290 g/mol. The van der Waals surface area contributed by atoms with Crippen LogP contribution in [-0.2, 0) is 9.59 Å². The Morgan fingerprint density at radius 3 is 2.59 bits per heavy atom. The molecule has 1 rings (SSSR count). The van der Waals surface area contributed by atoms with Gasteiger partial charge in [0.25, 0.3) is 0 Å². The molecule has 1 unspecified atom stereocenters. The summed E-state index contributed by atoms with van der Waals surface area (Å²) in [6.07, 6.45) is 0. The van der Waals surface area contributed by atoms with Crippen molar-refractivity contribution in [2.75, 3.05) is 7.11 Å². The summed E-state index contributed by atoms with van der Waals surface area (Å²) in [6.45, 7) is 1.26. The number of aliphatic carboxylic acids is 1. The normalized spacial score (nSPS) is 11.7. The van der Waals surface area contributed by atoms with Crippen molar-refractivity contribution in [2.24, 2.45) is 0 Å². The van der Waals surface area contributed by atoms with E-state index in [-0.39, 0.29) is 0 Å². The third-order valence-electron chi connectivity index (χ3n) is 2.10. The fourth-order valence-electron chi connectivity index (χ4n) is 1.41. The Hall–Kier alpha value is -1.56. The van der Waals surface area contributed by atoms with Crippen molar-refractivity contribution < 1.29 is 19.4 Å². The minimum absolute atomic E-state index is 0.393. The number of halogens is 1. The fourth-order valence-corrected chi connectivity index (χ4v) is 1.79. The predicted molar refractivity (Wildman–Crippen MR) is 64.9 cm³/mol. The zero-order valence-corrected chi connectivity index (χ0v) is 10.9. The van der Waals surface area contributed by atoms with E-state index in [0.717, 1.165) is 0 Å². The molecule has 5 nitrogen and oxygen atoms in total. The zero-order valence-electron chi connectivity index (χ0n) is 9.36. The molecule has 17 heavy (non-hydrogen) atoms. The van der Waals surface area contributed by atoms with Crippen LogP contribution in [0, 0.1) is 0 Å². The van der Waals surface area contributed by atoms with E-state index in [9.17, 15) is 9.59 Å². The molecule has 92 valence electrons. The van der Waals surface area contributed by atoms with Gasteiger partial charge in [-0.1, -0.05) is 15.9 Å². The zero-order chi connectivity index (χ0) is 13.0. The first-order chi connectivity index (χ1) is 7.95. The van der Waals surface area contributed by atoms with Crippen molar-refractivity contribution in [1.29, 1.82) is 0 Å². The number of nitrogens with one attached hydrogen (secondary N) is 1. The molecular formula is C11H12BrNO4. The van der Waals surface area contributed by atoms with Crippen molar-refractivity contribution in [2.45, 2.75) is 13.0 Å². The molecule has 0 saturated heterocycles. The van der Waals surface area contributed by atoms with Crippen LogP contribution in [0.3, 0.4) is 0 Å². The SMILES string of the molecule is COc1ccc(Br)cc1C(NC(C)=O)C(=O)O. The van der Waals surface area contributed by atoms with Crippen LogP contribution in [0.15, 0.2) is 22.7 Å². The molecule has 0 spiro atoms. The molecule has 0 radical (unpaired) electrons. The largest absolute Gasteiger partial charge is 0.496 e. The summed E-state index contributed by atoms with van der Waals surface area (Å²) in [5.41, 5.74) is 0.393. The topological polar surface area (TPSA) is 75.6 Å². The summed E-state index contributed by atoms with van der Waals surface area (Å²) in [5, 5.41) is 11.5. The minimum atomic E-state index is -1.14. The number of carboxylic acid groups (broad SMARTS) is 1. The third kappa shape index (κ3) is 3.45. The molecule has 1 amide bonds. The van der Waals surface area contributed by atoms with Crippen LogP contribution in [0.1, 0.15) is 18.5 Å². The summed E-state index contributed by atoms with van der Waals surface area (Å²) in [6, 6.07) is 3.85. The lowest BCUT2D eigenvalue weighted by atomic mass is 10.1. The molecule has 0 aliphatic carbocycles. The van der Waals surface area contributed by atoms with Gasteiger partial charge in [0.05, 0.1) is 7.11 Å². The number of rotatable bonds is 4. The highest BCUT2D eigenvalue weighted by atomic mass is 79.9. The Kier molecular flexibility index (Phi) is 4.51. The van der Waals surface area contributed by atoms with Crippen molar-refractivity contribution in [3.63, 3.8) is 0 Å². The van der Waals surface area contributed by atoms with Gasteiger partial charge in [0.15, 0.2) is 6.04 Å². The quantitative estimate of drug-likeness (QED) is 0.888. The molecule has 0 aromatic heterocycles. The number of hydrogen-bond donors (Lipinski definition) is 2. The molecule has 0 bridgehead atoms. The number of carboxylic acids is 1. The molecule has 0 aliphatic heterocycles. The van der Waals surface area contributed by atoms with Gasteiger partial charge in [-0.15, -0.1) is 0 Å². The van der Waals surface area contributed by atoms with Crippen LogP contribution in [0.25, 0.3) is 0 Å². The highest BCUT2D eigenvalue weighted by Gasteiger charge is 2.24. The van der Waals surface area contributed by atoms with E-state index in [1.165, 1.54) is 14.0 Å². The Balaban J connectivity index is 3.20. The third-order valence-corrected chi connectivity index (χ3v) is 2.59. The number of carbonyl (C=O) groups is 2. The number of methoxy groups -OCH3 is 1. The van der Waals surface area contributed by atoms with E-state index >= 15 is 0 Å². The lowest BCUT2D eigenvalue weighted by Crippen LogP contribution is -2.32. The Morgan fingerprint density at radius 2 is 2.12 bits per heavy atom. The first-order valence-corrected chi connectivity index (χ1v) is 5.58. The van der Waals surface area contributed by atoms with Gasteiger partial charge >= 0.3 is 5.97 Å². The first kappa shape index (κ1) is 13.5. The first-order valence-electron chi connectivity index (χ1n) is 4.79. The summed E-state index contributed by atoms with van der Waals surface area (Å²) in [7, 11) is 1.44. The smallest absolute Gasteiger partial charge is 0.331 e. The number of hydrogen-bond acceptors (Lipinski definition) is 3. The van der Waals surface area contributed by atoms with Crippen molar-refractivity contribution in [3.05, 3.63) is 28.2 Å². The molecule has 1 aromatic carbocycles. The number of carbonyl (C=O) groups excluding carboxylic acids is 1. The van der Waals surface area contributed by atoms with Gasteiger partial charge in [0.1, 0.15) is 5.75 Å². The summed E-state index contributed by atoms with van der Waals surface area (Å²) in [5.74, 6) is -1.15. The Morgan fingerprint density at radius 1 is 1.47 bits per heavy atom. The second-order valence-corrected chi connectivity index (χ2v) is 4.27. The van der Waals surface area contributed by atoms with Crippen molar-refractivity contribution in [3.8, 4) is 5.75 Å². The van der Waals surface area contributed by atoms with E-state index in [1.807, 2.05) is 0 Å². The van der Waals surface area contributed by atoms with Crippen molar-refractivity contribution >= 4 is 27.8 Å². The maximum absolute atomic E-state index is 11.1. The second kappa shape index (κ2) is 5.67. The monoisotopic (exact) mass is 301 g/mol. The Labute approximate surface area is 107 Å². The summed E-state index contributed by atoms with van der Waals surface area (Å²) >= 11 is 3.25. The Bertz CT molecular complexity index is 447. The van der Waals surface area contributed by atoms with E-state index in [4.69, 9.17) is 9.84 Å². The maximum atomic E-state index is 11.1. The maximum Gasteiger partial charge on any atom is 0.331 e. The van der Waals surface area contributed by atoms with Gasteiger partial charge in [-0.2, -0.15) is 0 Å². The summed E-state index contributed by atoms with van der Waals surface area (Å²) in [4.78, 5) is 22.1. The van der Waals surface area contributed by atoms with Gasteiger partial charge in [-0.3, -0.25) is 4.79 Å². The molecule has 0 heterocycles. The van der Waals surface area contributed by atoms with Crippen LogP contribution in [0.4, 0.5) is 0 Å². The van der Waals surface area contributed by atoms with Crippen LogP contribution >= 0.6 is 15.9 Å². The van der Waals surface area contributed by atoms with Gasteiger partial charge in [0.2, 0.25) is 5.91 Å². The highest BCUT2D eigenvalue weighted by Crippen LogP contribution is 2.28. The molecule has 1 aromatic rings. The van der Waals surface area contributed by atoms with E-state index in [1.54, 1.807) is 18.2 Å². The van der Waals surface area contributed by atoms with E-state index in [0.29, 0.717) is 15.8 Å². The minimum Gasteiger partial charge on any atom is -0.496 e. The standard InChI is InChI=1S/C11H12BrNO4/c1-6(14)13-10(11(15)16)8-5-7(12)3-4-9(8)17-2/h3-5,10H,1-2H3,(H,13,14)(H,15,16). The lowest BCUT2D eigenvalue weighted by Gasteiger charge is -2.17. The van der Waals surface area contributed by atoms with Crippen LogP contribution in [0.2, 0.25) is 0 Å². The molecule has 0 fully saturated rings. The molecule has 1 atom stereocenters. The molecule has 6 heteroatoms. The predicted octanol–water partition coefficient (Wildman–Crippen LogP) is 1.72. The lowest BCUT2D eigenvalue weighted by molar-refractivity contribution is -0.141. The number of ether oxygens (including phenoxy) is 1. The number of amides is 1. The summed E-state index contributed by atoms with van der Waals surface area (Å²) < 4.78 is 5.79. The van der Waals surface area contributed by atoms with Crippen LogP contribution in [-0.4, -0.2) is 24.1 Å². The van der Waals surface area contributed by atoms with Gasteiger partial charge in [-0.25, -0.2) is 4.79 Å². The molecule has 2 N–H and O–H groups in total. The van der Waals surface area contributed by atoms with Gasteiger partial charge < -0.3 is 15.2 Å². The molecule has 0 aliphatic rings. The van der Waals surface area contributed by atoms with E-state index < -0.39 is 17.9 Å². The second-order valence-electron chi connectivity index (χ2n) is 3.36.